The largest absolute Gasteiger partial charge is 0.445 e. The first-order chi connectivity index (χ1) is 10.8. The van der Waals surface area contributed by atoms with Crippen molar-refractivity contribution in [3.05, 3.63) is 46.9 Å². The highest BCUT2D eigenvalue weighted by Crippen LogP contribution is 2.33. The van der Waals surface area contributed by atoms with Gasteiger partial charge in [0.15, 0.2) is 5.16 Å². The third-order valence-electron chi connectivity index (χ3n) is 4.06. The van der Waals surface area contributed by atoms with Gasteiger partial charge in [0.25, 0.3) is 5.56 Å². The Kier molecular flexibility index (Phi) is 3.30. The Morgan fingerprint density at radius 1 is 1.32 bits per heavy atom. The summed E-state index contributed by atoms with van der Waals surface area (Å²) in [4.78, 5) is 17.5. The highest BCUT2D eigenvalue weighted by atomic mass is 32.2. The van der Waals surface area contributed by atoms with Gasteiger partial charge in [-0.1, -0.05) is 42.1 Å². The molecule has 0 bridgehead atoms. The molecule has 4 rings (SSSR count). The van der Waals surface area contributed by atoms with E-state index in [1.807, 2.05) is 41.2 Å². The van der Waals surface area contributed by atoms with Crippen molar-refractivity contribution in [3.63, 3.8) is 0 Å². The van der Waals surface area contributed by atoms with Gasteiger partial charge in [0.2, 0.25) is 5.71 Å². The number of aromatic nitrogens is 2. The summed E-state index contributed by atoms with van der Waals surface area (Å²) in [6.07, 6.45) is 5.99. The number of thioether (sulfide) groups is 1. The third kappa shape index (κ3) is 2.25. The molecule has 0 saturated heterocycles. The molecular weight excluding hydrogens is 296 g/mol. The number of hydrogen-bond acceptors (Lipinski definition) is 4. The van der Waals surface area contributed by atoms with E-state index in [-0.39, 0.29) is 5.56 Å². The van der Waals surface area contributed by atoms with Gasteiger partial charge < -0.3 is 4.42 Å². The van der Waals surface area contributed by atoms with Gasteiger partial charge in [-0.25, -0.2) is 0 Å². The van der Waals surface area contributed by atoms with E-state index in [0.717, 1.165) is 22.8 Å². The van der Waals surface area contributed by atoms with Crippen LogP contribution in [-0.4, -0.2) is 15.8 Å². The Morgan fingerprint density at radius 3 is 2.77 bits per heavy atom. The molecule has 0 spiro atoms. The van der Waals surface area contributed by atoms with E-state index in [2.05, 4.69) is 4.98 Å². The highest BCUT2D eigenvalue weighted by Gasteiger charge is 2.25. The summed E-state index contributed by atoms with van der Waals surface area (Å²) in [5.74, 6) is 0.620. The molecule has 0 radical (unpaired) electrons. The van der Waals surface area contributed by atoms with E-state index in [1.54, 1.807) is 6.26 Å². The monoisotopic (exact) mass is 312 g/mol. The Hall–Kier alpha value is -2.01. The van der Waals surface area contributed by atoms with Crippen molar-refractivity contribution in [2.24, 2.45) is 5.92 Å². The van der Waals surface area contributed by atoms with Crippen molar-refractivity contribution in [1.82, 2.24) is 9.55 Å². The lowest BCUT2D eigenvalue weighted by Gasteiger charge is -2.09. The molecule has 1 aromatic carbocycles. The standard InChI is InChI=1S/C17H16N2O2S/c1-22-17-18-15-14(16(20)19(17)9-11-7-8-11)13(10-21-15)12-5-3-2-4-6-12/h2-6,10-11H,7-9H2,1H3. The second-order valence-electron chi connectivity index (χ2n) is 5.65. The van der Waals surface area contributed by atoms with Crippen LogP contribution in [0.4, 0.5) is 0 Å². The van der Waals surface area contributed by atoms with Crippen LogP contribution in [0, 0.1) is 5.92 Å². The number of rotatable bonds is 4. The van der Waals surface area contributed by atoms with Gasteiger partial charge in [0.1, 0.15) is 11.6 Å². The molecule has 1 aliphatic rings. The Labute approximate surface area is 132 Å². The topological polar surface area (TPSA) is 48.0 Å². The number of fused-ring (bicyclic) bond motifs is 1. The molecule has 0 amide bonds. The molecule has 1 aliphatic carbocycles. The van der Waals surface area contributed by atoms with Gasteiger partial charge in [-0.2, -0.15) is 4.98 Å². The summed E-state index contributed by atoms with van der Waals surface area (Å²) in [5.41, 5.74) is 2.24. The fourth-order valence-electron chi connectivity index (χ4n) is 2.71. The van der Waals surface area contributed by atoms with Crippen LogP contribution in [0.3, 0.4) is 0 Å². The van der Waals surface area contributed by atoms with Gasteiger partial charge in [0.05, 0.1) is 0 Å². The quantitative estimate of drug-likeness (QED) is 0.543. The molecule has 0 N–H and O–H groups in total. The lowest BCUT2D eigenvalue weighted by molar-refractivity contribution is 0.534. The molecule has 22 heavy (non-hydrogen) atoms. The number of benzene rings is 1. The zero-order valence-electron chi connectivity index (χ0n) is 12.3. The van der Waals surface area contributed by atoms with Crippen molar-refractivity contribution >= 4 is 22.9 Å². The van der Waals surface area contributed by atoms with Gasteiger partial charge in [0, 0.05) is 12.1 Å². The van der Waals surface area contributed by atoms with Crippen LogP contribution >= 0.6 is 11.8 Å². The van der Waals surface area contributed by atoms with Crippen LogP contribution in [-0.2, 0) is 6.54 Å². The maximum atomic E-state index is 13.0. The Balaban J connectivity index is 1.96. The summed E-state index contributed by atoms with van der Waals surface area (Å²) in [6, 6.07) is 9.84. The molecule has 1 saturated carbocycles. The molecule has 2 heterocycles. The Morgan fingerprint density at radius 2 is 2.09 bits per heavy atom. The van der Waals surface area contributed by atoms with E-state index >= 15 is 0 Å². The lowest BCUT2D eigenvalue weighted by Crippen LogP contribution is -2.24. The number of nitrogens with zero attached hydrogens (tertiary/aromatic N) is 2. The first-order valence-electron chi connectivity index (χ1n) is 7.39. The van der Waals surface area contributed by atoms with Gasteiger partial charge in [-0.3, -0.25) is 9.36 Å². The van der Waals surface area contributed by atoms with Crippen molar-refractivity contribution in [2.45, 2.75) is 24.5 Å². The van der Waals surface area contributed by atoms with Crippen molar-refractivity contribution < 1.29 is 4.42 Å². The minimum atomic E-state index is 0.00820. The van der Waals surface area contributed by atoms with Crippen molar-refractivity contribution in [3.8, 4) is 11.1 Å². The van der Waals surface area contributed by atoms with Crippen LogP contribution < -0.4 is 5.56 Å². The zero-order valence-corrected chi connectivity index (χ0v) is 13.1. The van der Waals surface area contributed by atoms with E-state index < -0.39 is 0 Å². The molecule has 0 aliphatic heterocycles. The smallest absolute Gasteiger partial charge is 0.266 e. The summed E-state index contributed by atoms with van der Waals surface area (Å²) in [7, 11) is 0. The summed E-state index contributed by atoms with van der Waals surface area (Å²) < 4.78 is 7.38. The maximum absolute atomic E-state index is 13.0. The molecule has 3 aromatic rings. The first kappa shape index (κ1) is 13.6. The molecule has 4 nitrogen and oxygen atoms in total. The van der Waals surface area contributed by atoms with Crippen LogP contribution in [0.15, 0.2) is 51.0 Å². The van der Waals surface area contributed by atoms with Crippen LogP contribution in [0.25, 0.3) is 22.2 Å². The summed E-state index contributed by atoms with van der Waals surface area (Å²) >= 11 is 1.49. The fourth-order valence-corrected chi connectivity index (χ4v) is 3.26. The van der Waals surface area contributed by atoms with E-state index in [4.69, 9.17) is 4.42 Å². The minimum absolute atomic E-state index is 0.00820. The average molecular weight is 312 g/mol. The second kappa shape index (κ2) is 5.32. The molecule has 0 unspecified atom stereocenters. The van der Waals surface area contributed by atoms with E-state index in [1.165, 1.54) is 24.6 Å². The second-order valence-corrected chi connectivity index (χ2v) is 6.43. The predicted octanol–water partition coefficient (Wildman–Crippen LogP) is 3.79. The van der Waals surface area contributed by atoms with Crippen molar-refractivity contribution in [2.75, 3.05) is 6.26 Å². The highest BCUT2D eigenvalue weighted by molar-refractivity contribution is 7.98. The average Bonchev–Trinajstić information content (AvgIpc) is 3.27. The van der Waals surface area contributed by atoms with Crippen LogP contribution in [0.2, 0.25) is 0 Å². The molecule has 2 aromatic heterocycles. The molecule has 0 atom stereocenters. The number of hydrogen-bond donors (Lipinski definition) is 0. The molecule has 5 heteroatoms. The third-order valence-corrected chi connectivity index (χ3v) is 4.74. The molecular formula is C17H16N2O2S. The number of furan rings is 1. The maximum Gasteiger partial charge on any atom is 0.266 e. The minimum Gasteiger partial charge on any atom is -0.445 e. The zero-order chi connectivity index (χ0) is 15.1. The van der Waals surface area contributed by atoms with Crippen LogP contribution in [0.1, 0.15) is 12.8 Å². The lowest BCUT2D eigenvalue weighted by atomic mass is 10.1. The summed E-state index contributed by atoms with van der Waals surface area (Å²) in [5, 5.41) is 1.32. The normalized spacial score (nSPS) is 14.6. The van der Waals surface area contributed by atoms with Crippen LogP contribution in [0.5, 0.6) is 0 Å². The van der Waals surface area contributed by atoms with Crippen molar-refractivity contribution in [1.29, 1.82) is 0 Å². The van der Waals surface area contributed by atoms with Gasteiger partial charge >= 0.3 is 0 Å². The van der Waals surface area contributed by atoms with E-state index in [9.17, 15) is 4.79 Å². The fraction of sp³-hybridized carbons (Fsp3) is 0.294. The predicted molar refractivity (Wildman–Crippen MR) is 88.2 cm³/mol. The first-order valence-corrected chi connectivity index (χ1v) is 8.62. The van der Waals surface area contributed by atoms with E-state index in [0.29, 0.717) is 17.0 Å². The SMILES string of the molecule is CSc1nc2occ(-c3ccccc3)c2c(=O)n1CC1CC1. The Bertz CT molecular complexity index is 879. The van der Waals surface area contributed by atoms with Gasteiger partial charge in [-0.15, -0.1) is 0 Å². The van der Waals surface area contributed by atoms with Gasteiger partial charge in [-0.05, 0) is 30.6 Å². The summed E-state index contributed by atoms with van der Waals surface area (Å²) in [6.45, 7) is 0.761. The molecule has 1 fully saturated rings. The molecule has 112 valence electrons.